The van der Waals surface area contributed by atoms with Crippen molar-refractivity contribution in [3.05, 3.63) is 111 Å². The Morgan fingerprint density at radius 3 is 1.38 bits per heavy atom. The molecular formula is C25H23Cl2PS. The third-order valence-corrected chi connectivity index (χ3v) is 11.3. The van der Waals surface area contributed by atoms with Crippen molar-refractivity contribution in [1.29, 1.82) is 0 Å². The van der Waals surface area contributed by atoms with Gasteiger partial charge in [0.1, 0.15) is 23.2 Å². The topological polar surface area (TPSA) is 0 Å². The number of hydrogen-bond acceptors (Lipinski definition) is 1. The first-order valence-electron chi connectivity index (χ1n) is 9.42. The lowest BCUT2D eigenvalue weighted by Gasteiger charge is -2.28. The molecule has 0 fully saturated rings. The van der Waals surface area contributed by atoms with Gasteiger partial charge in [-0.1, -0.05) is 66.2 Å². The molecule has 0 aliphatic carbocycles. The van der Waals surface area contributed by atoms with Crippen molar-refractivity contribution in [2.45, 2.75) is 20.0 Å². The van der Waals surface area contributed by atoms with Crippen LogP contribution in [0.25, 0.3) is 0 Å². The fourth-order valence-corrected chi connectivity index (χ4v) is 9.79. The van der Waals surface area contributed by atoms with Gasteiger partial charge in [-0.05, 0) is 55.8 Å². The highest BCUT2D eigenvalue weighted by molar-refractivity contribution is 7.95. The van der Waals surface area contributed by atoms with Crippen LogP contribution >= 0.6 is 30.2 Å². The Bertz CT molecular complexity index is 964. The number of aryl methyl sites for hydroxylation is 1. The molecule has 148 valence electrons. The average molecular weight is 457 g/mol. The van der Waals surface area contributed by atoms with E-state index in [0.717, 1.165) is 10.5 Å². The van der Waals surface area contributed by atoms with Crippen LogP contribution in [0, 0.1) is 13.8 Å². The van der Waals surface area contributed by atoms with Gasteiger partial charge in [0.25, 0.3) is 0 Å². The van der Waals surface area contributed by atoms with Crippen LogP contribution in [0.3, 0.4) is 0 Å². The summed E-state index contributed by atoms with van der Waals surface area (Å²) in [6, 6.07) is 33.1. The van der Waals surface area contributed by atoms with Gasteiger partial charge in [-0.2, -0.15) is 0 Å². The van der Waals surface area contributed by atoms with Crippen molar-refractivity contribution in [3.63, 3.8) is 0 Å². The van der Waals surface area contributed by atoms with Crippen LogP contribution in [0.5, 0.6) is 0 Å². The van der Waals surface area contributed by atoms with Crippen LogP contribution < -0.4 is 28.3 Å². The number of benzene rings is 3. The summed E-state index contributed by atoms with van der Waals surface area (Å²) in [6.45, 7) is 4.37. The standard InChI is InChI=1S/C25H23ClPS.ClH/c1-19-24(20(2)28-25(19)26)18-27(21-12-6-3-7-13-21,22-14-8-4-9-15-22)23-16-10-5-11-17-23;/h3-17H,18H2,1-2H3;1H/q+1;/p-1. The predicted octanol–water partition coefficient (Wildman–Crippen LogP) is 3.52. The molecule has 0 nitrogen and oxygen atoms in total. The summed E-state index contributed by atoms with van der Waals surface area (Å²) < 4.78 is 0.916. The normalized spacial score (nSPS) is 11.1. The average Bonchev–Trinajstić information content (AvgIpc) is 2.99. The predicted molar refractivity (Wildman–Crippen MR) is 128 cm³/mol. The molecule has 0 spiro atoms. The maximum Gasteiger partial charge on any atom is 0.116 e. The van der Waals surface area contributed by atoms with Gasteiger partial charge in [0, 0.05) is 10.4 Å². The molecule has 0 unspecified atom stereocenters. The van der Waals surface area contributed by atoms with E-state index in [1.54, 1.807) is 11.3 Å². The largest absolute Gasteiger partial charge is 1.00 e. The molecule has 1 aromatic heterocycles. The zero-order valence-corrected chi connectivity index (χ0v) is 19.7. The van der Waals surface area contributed by atoms with E-state index in [9.17, 15) is 0 Å². The van der Waals surface area contributed by atoms with Gasteiger partial charge in [-0.25, -0.2) is 0 Å². The van der Waals surface area contributed by atoms with Gasteiger partial charge >= 0.3 is 0 Å². The summed E-state index contributed by atoms with van der Waals surface area (Å²) in [4.78, 5) is 1.33. The van der Waals surface area contributed by atoms with E-state index in [1.165, 1.54) is 31.9 Å². The second-order valence-corrected chi connectivity index (χ2v) is 12.3. The summed E-state index contributed by atoms with van der Waals surface area (Å²) in [5.41, 5.74) is 2.64. The van der Waals surface area contributed by atoms with Crippen LogP contribution in [0.1, 0.15) is 16.0 Å². The highest BCUT2D eigenvalue weighted by Gasteiger charge is 2.46. The van der Waals surface area contributed by atoms with Crippen LogP contribution in [0.2, 0.25) is 4.34 Å². The van der Waals surface area contributed by atoms with Crippen LogP contribution in [-0.2, 0) is 6.16 Å². The first kappa shape index (κ1) is 22.1. The number of thiophene rings is 1. The smallest absolute Gasteiger partial charge is 0.116 e. The van der Waals surface area contributed by atoms with E-state index in [0.29, 0.717) is 0 Å². The number of rotatable bonds is 5. The summed E-state index contributed by atoms with van der Waals surface area (Å²) in [6.07, 6.45) is 0.992. The van der Waals surface area contributed by atoms with E-state index in [-0.39, 0.29) is 12.4 Å². The van der Waals surface area contributed by atoms with Crippen LogP contribution in [0.4, 0.5) is 0 Å². The van der Waals surface area contributed by atoms with Gasteiger partial charge in [0.2, 0.25) is 0 Å². The lowest BCUT2D eigenvalue weighted by atomic mass is 10.2. The molecule has 0 saturated carbocycles. The summed E-state index contributed by atoms with van der Waals surface area (Å²) in [5.74, 6) is 0. The van der Waals surface area contributed by atoms with E-state index in [2.05, 4.69) is 105 Å². The van der Waals surface area contributed by atoms with E-state index in [1.807, 2.05) is 0 Å². The fraction of sp³-hybridized carbons (Fsp3) is 0.120. The molecule has 1 heterocycles. The molecule has 3 aromatic carbocycles. The first-order chi connectivity index (χ1) is 13.6. The highest BCUT2D eigenvalue weighted by Crippen LogP contribution is 2.59. The Balaban J connectivity index is 0.00000240. The van der Waals surface area contributed by atoms with E-state index >= 15 is 0 Å². The highest BCUT2D eigenvalue weighted by atomic mass is 35.5. The molecule has 0 radical (unpaired) electrons. The molecule has 4 rings (SSSR count). The lowest BCUT2D eigenvalue weighted by molar-refractivity contribution is -0.00000540. The fourth-order valence-electron chi connectivity index (χ4n) is 3.89. The lowest BCUT2D eigenvalue weighted by Crippen LogP contribution is -3.00. The van der Waals surface area contributed by atoms with Crippen molar-refractivity contribution in [2.75, 3.05) is 0 Å². The zero-order chi connectivity index (χ0) is 19.6. The van der Waals surface area contributed by atoms with Crippen LogP contribution in [-0.4, -0.2) is 0 Å². The molecule has 0 amide bonds. The van der Waals surface area contributed by atoms with Crippen molar-refractivity contribution in [2.24, 2.45) is 0 Å². The number of hydrogen-bond donors (Lipinski definition) is 0. The molecule has 0 N–H and O–H groups in total. The van der Waals surface area contributed by atoms with Crippen LogP contribution in [0.15, 0.2) is 91.0 Å². The molecule has 0 aliphatic heterocycles. The minimum absolute atomic E-state index is 0. The Hall–Kier alpha value is -1.63. The van der Waals surface area contributed by atoms with Gasteiger partial charge in [0.05, 0.1) is 10.5 Å². The Morgan fingerprint density at radius 1 is 0.690 bits per heavy atom. The minimum atomic E-state index is -1.87. The van der Waals surface area contributed by atoms with E-state index < -0.39 is 7.26 Å². The molecule has 0 aliphatic rings. The zero-order valence-electron chi connectivity index (χ0n) is 16.5. The van der Waals surface area contributed by atoms with E-state index in [4.69, 9.17) is 11.6 Å². The molecule has 0 bridgehead atoms. The van der Waals surface area contributed by atoms with Crippen molar-refractivity contribution < 1.29 is 12.4 Å². The molecule has 4 aromatic rings. The number of halogens is 2. The monoisotopic (exact) mass is 456 g/mol. The molecule has 0 saturated heterocycles. The van der Waals surface area contributed by atoms with Gasteiger partial charge in [-0.3, -0.25) is 0 Å². The SMILES string of the molecule is Cc1sc(Cl)c(C)c1C[P+](c1ccccc1)(c1ccccc1)c1ccccc1.[Cl-]. The second kappa shape index (κ2) is 9.45. The molecular weight excluding hydrogens is 434 g/mol. The van der Waals surface area contributed by atoms with Crippen molar-refractivity contribution in [3.8, 4) is 0 Å². The minimum Gasteiger partial charge on any atom is -1.00 e. The second-order valence-electron chi connectivity index (χ2n) is 7.01. The maximum atomic E-state index is 6.53. The van der Waals surface area contributed by atoms with Gasteiger partial charge in [-0.15, -0.1) is 11.3 Å². The maximum absolute atomic E-state index is 6.53. The quantitative estimate of drug-likeness (QED) is 0.403. The Labute approximate surface area is 189 Å². The third kappa shape index (κ3) is 4.16. The Kier molecular flexibility index (Phi) is 7.19. The molecule has 29 heavy (non-hydrogen) atoms. The van der Waals surface area contributed by atoms with Gasteiger partial charge < -0.3 is 12.4 Å². The van der Waals surface area contributed by atoms with Crippen molar-refractivity contribution >= 4 is 46.1 Å². The third-order valence-electron chi connectivity index (χ3n) is 5.40. The summed E-state index contributed by atoms with van der Waals surface area (Å²) in [5, 5.41) is 4.23. The molecule has 0 atom stereocenters. The van der Waals surface area contributed by atoms with Gasteiger partial charge in [0.15, 0.2) is 0 Å². The summed E-state index contributed by atoms with van der Waals surface area (Å²) >= 11 is 8.24. The summed E-state index contributed by atoms with van der Waals surface area (Å²) in [7, 11) is -1.87. The Morgan fingerprint density at radius 2 is 1.07 bits per heavy atom. The molecule has 4 heteroatoms. The first-order valence-corrected chi connectivity index (χ1v) is 12.6. The van der Waals surface area contributed by atoms with Crippen molar-refractivity contribution in [1.82, 2.24) is 0 Å².